The number of pyridine rings is 1. The maximum Gasteiger partial charge on any atom is 0.227 e. The zero-order valence-corrected chi connectivity index (χ0v) is 14.6. The van der Waals surface area contributed by atoms with Crippen LogP contribution in [0.1, 0.15) is 19.7 Å². The summed E-state index contributed by atoms with van der Waals surface area (Å²) in [5.74, 6) is 1.63. The fourth-order valence-electron chi connectivity index (χ4n) is 3.14. The van der Waals surface area contributed by atoms with Gasteiger partial charge in [0.25, 0.3) is 0 Å². The molecule has 6 heteroatoms. The summed E-state index contributed by atoms with van der Waals surface area (Å²) < 4.78 is 5.48. The van der Waals surface area contributed by atoms with E-state index in [1.807, 2.05) is 24.3 Å². The van der Waals surface area contributed by atoms with Gasteiger partial charge in [0.2, 0.25) is 11.7 Å². The van der Waals surface area contributed by atoms with Crippen LogP contribution in [0.2, 0.25) is 0 Å². The summed E-state index contributed by atoms with van der Waals surface area (Å²) in [6.07, 6.45) is 0.719. The van der Waals surface area contributed by atoms with E-state index in [9.17, 15) is 0 Å². The molecule has 2 aromatic heterocycles. The number of nitrogens with two attached hydrogens (primary N) is 1. The predicted octanol–water partition coefficient (Wildman–Crippen LogP) is 3.00. The number of anilines is 1. The molecule has 2 heterocycles. The Balaban J connectivity index is 1.94. The highest BCUT2D eigenvalue weighted by Gasteiger charge is 2.23. The lowest BCUT2D eigenvalue weighted by molar-refractivity contribution is 0.217. The number of para-hydroxylation sites is 1. The first kappa shape index (κ1) is 16.4. The number of aromatic nitrogens is 3. The number of nitrogen functional groups attached to an aromatic ring is 1. The molecule has 6 nitrogen and oxygen atoms in total. The molecule has 0 fully saturated rings. The predicted molar refractivity (Wildman–Crippen MR) is 95.5 cm³/mol. The van der Waals surface area contributed by atoms with Gasteiger partial charge < -0.3 is 15.2 Å². The molecule has 0 saturated carbocycles. The number of benzene rings is 1. The lowest BCUT2D eigenvalue weighted by Gasteiger charge is -2.26. The van der Waals surface area contributed by atoms with Gasteiger partial charge in [-0.25, -0.2) is 4.98 Å². The Bertz CT molecular complexity index is 853. The molecular weight excluding hydrogens is 302 g/mol. The maximum absolute atomic E-state index is 5.92. The Hall–Kier alpha value is -2.47. The Labute approximate surface area is 141 Å². The second-order valence-corrected chi connectivity index (χ2v) is 7.20. The van der Waals surface area contributed by atoms with Crippen molar-refractivity contribution in [3.63, 3.8) is 0 Å². The van der Waals surface area contributed by atoms with Crippen molar-refractivity contribution in [2.45, 2.75) is 20.3 Å². The van der Waals surface area contributed by atoms with Crippen LogP contribution in [0.4, 0.5) is 5.82 Å². The number of rotatable bonds is 5. The first-order valence-corrected chi connectivity index (χ1v) is 7.97. The first-order chi connectivity index (χ1) is 11.3. The highest BCUT2D eigenvalue weighted by Crippen LogP contribution is 2.29. The van der Waals surface area contributed by atoms with E-state index in [0.29, 0.717) is 17.5 Å². The van der Waals surface area contributed by atoms with Crippen LogP contribution in [0, 0.1) is 5.41 Å². The smallest absolute Gasteiger partial charge is 0.227 e. The van der Waals surface area contributed by atoms with E-state index in [2.05, 4.69) is 48.0 Å². The van der Waals surface area contributed by atoms with Gasteiger partial charge in [-0.2, -0.15) is 4.98 Å². The molecule has 24 heavy (non-hydrogen) atoms. The second kappa shape index (κ2) is 6.20. The summed E-state index contributed by atoms with van der Waals surface area (Å²) in [6.45, 7) is 5.32. The quantitative estimate of drug-likeness (QED) is 0.776. The largest absolute Gasteiger partial charge is 0.384 e. The molecule has 0 unspecified atom stereocenters. The van der Waals surface area contributed by atoms with Gasteiger partial charge in [0.15, 0.2) is 0 Å². The van der Waals surface area contributed by atoms with Crippen LogP contribution in [-0.4, -0.2) is 40.7 Å². The molecule has 3 aromatic rings. The highest BCUT2D eigenvalue weighted by molar-refractivity contribution is 5.94. The van der Waals surface area contributed by atoms with Gasteiger partial charge in [-0.3, -0.25) is 0 Å². The molecular formula is C18H23N5O. The average Bonchev–Trinajstić information content (AvgIpc) is 2.92. The molecule has 0 bridgehead atoms. The summed E-state index contributed by atoms with van der Waals surface area (Å²) >= 11 is 0. The molecule has 0 saturated heterocycles. The first-order valence-electron chi connectivity index (χ1n) is 7.97. The van der Waals surface area contributed by atoms with Crippen LogP contribution < -0.4 is 5.73 Å². The van der Waals surface area contributed by atoms with Crippen molar-refractivity contribution in [1.82, 2.24) is 20.0 Å². The minimum Gasteiger partial charge on any atom is -0.384 e. The van der Waals surface area contributed by atoms with Gasteiger partial charge in [0.1, 0.15) is 5.82 Å². The number of hydrogen-bond acceptors (Lipinski definition) is 6. The van der Waals surface area contributed by atoms with Crippen LogP contribution in [-0.2, 0) is 6.42 Å². The summed E-state index contributed by atoms with van der Waals surface area (Å²) in [5.41, 5.74) is 7.64. The van der Waals surface area contributed by atoms with Crippen LogP contribution >= 0.6 is 0 Å². The zero-order chi connectivity index (χ0) is 17.3. The average molecular weight is 325 g/mol. The topological polar surface area (TPSA) is 81.1 Å². The maximum atomic E-state index is 5.92. The van der Waals surface area contributed by atoms with Gasteiger partial charge in [-0.1, -0.05) is 37.2 Å². The third kappa shape index (κ3) is 3.54. The lowest BCUT2D eigenvalue weighted by Crippen LogP contribution is -2.30. The molecule has 0 radical (unpaired) electrons. The molecule has 0 aliphatic heterocycles. The van der Waals surface area contributed by atoms with Gasteiger partial charge in [-0.05, 0) is 31.6 Å². The van der Waals surface area contributed by atoms with Crippen molar-refractivity contribution in [3.05, 3.63) is 36.2 Å². The van der Waals surface area contributed by atoms with E-state index in [1.54, 1.807) is 6.07 Å². The van der Waals surface area contributed by atoms with Crippen molar-refractivity contribution in [2.75, 3.05) is 26.4 Å². The minimum absolute atomic E-state index is 0.0483. The normalized spacial score (nSPS) is 12.2. The molecule has 1 aromatic carbocycles. The van der Waals surface area contributed by atoms with Gasteiger partial charge >= 0.3 is 0 Å². The van der Waals surface area contributed by atoms with Crippen molar-refractivity contribution in [1.29, 1.82) is 0 Å². The Morgan fingerprint density at radius 2 is 1.92 bits per heavy atom. The fraction of sp³-hybridized carbons (Fsp3) is 0.389. The number of nitrogens with zero attached hydrogens (tertiary/aromatic N) is 4. The molecule has 0 aliphatic rings. The van der Waals surface area contributed by atoms with E-state index in [1.165, 1.54) is 0 Å². The molecule has 126 valence electrons. The van der Waals surface area contributed by atoms with Crippen molar-refractivity contribution < 1.29 is 4.52 Å². The number of fused-ring (bicyclic) bond motifs is 1. The zero-order valence-electron chi connectivity index (χ0n) is 14.6. The van der Waals surface area contributed by atoms with Crippen LogP contribution in [0.15, 0.2) is 34.9 Å². The molecule has 2 N–H and O–H groups in total. The van der Waals surface area contributed by atoms with Crippen molar-refractivity contribution >= 4 is 16.7 Å². The van der Waals surface area contributed by atoms with E-state index in [0.717, 1.165) is 29.4 Å². The molecule has 0 atom stereocenters. The van der Waals surface area contributed by atoms with Crippen molar-refractivity contribution in [2.24, 2.45) is 5.41 Å². The lowest BCUT2D eigenvalue weighted by atomic mass is 9.89. The Kier molecular flexibility index (Phi) is 4.24. The number of hydrogen-bond donors (Lipinski definition) is 1. The summed E-state index contributed by atoms with van der Waals surface area (Å²) in [4.78, 5) is 11.1. The Morgan fingerprint density at radius 1 is 1.17 bits per heavy atom. The summed E-state index contributed by atoms with van der Waals surface area (Å²) in [6, 6.07) is 9.61. The fourth-order valence-corrected chi connectivity index (χ4v) is 3.14. The summed E-state index contributed by atoms with van der Waals surface area (Å²) in [7, 11) is 4.12. The Morgan fingerprint density at radius 3 is 2.67 bits per heavy atom. The van der Waals surface area contributed by atoms with Gasteiger partial charge in [0, 0.05) is 23.9 Å². The standard InChI is InChI=1S/C18H23N5O/c1-18(2,11-23(3)4)10-16-21-17(22-24-16)13-9-15(19)20-14-8-6-5-7-12(13)14/h5-9H,10-11H2,1-4H3,(H2,19,20). The van der Waals surface area contributed by atoms with E-state index >= 15 is 0 Å². The SMILES string of the molecule is CN(C)CC(C)(C)Cc1nc(-c2cc(N)nc3ccccc23)no1. The minimum atomic E-state index is 0.0483. The van der Waals surface area contributed by atoms with Gasteiger partial charge in [-0.15, -0.1) is 0 Å². The van der Waals surface area contributed by atoms with Crippen LogP contribution in [0.5, 0.6) is 0 Å². The molecule has 0 amide bonds. The monoisotopic (exact) mass is 325 g/mol. The highest BCUT2D eigenvalue weighted by atomic mass is 16.5. The second-order valence-electron chi connectivity index (χ2n) is 7.20. The third-order valence-corrected chi connectivity index (χ3v) is 3.82. The van der Waals surface area contributed by atoms with Crippen LogP contribution in [0.3, 0.4) is 0 Å². The van der Waals surface area contributed by atoms with E-state index in [-0.39, 0.29) is 5.41 Å². The van der Waals surface area contributed by atoms with Crippen molar-refractivity contribution in [3.8, 4) is 11.4 Å². The molecule has 0 spiro atoms. The third-order valence-electron chi connectivity index (χ3n) is 3.82. The molecule has 3 rings (SSSR count). The van der Waals surface area contributed by atoms with Crippen LogP contribution in [0.25, 0.3) is 22.3 Å². The summed E-state index contributed by atoms with van der Waals surface area (Å²) in [5, 5.41) is 5.12. The van der Waals surface area contributed by atoms with E-state index < -0.39 is 0 Å². The van der Waals surface area contributed by atoms with Gasteiger partial charge in [0.05, 0.1) is 5.52 Å². The van der Waals surface area contributed by atoms with E-state index in [4.69, 9.17) is 10.3 Å². The molecule has 0 aliphatic carbocycles.